The Balaban J connectivity index is 1.67. The summed E-state index contributed by atoms with van der Waals surface area (Å²) in [6.45, 7) is 0.130. The van der Waals surface area contributed by atoms with Crippen molar-refractivity contribution in [2.24, 2.45) is 0 Å². The van der Waals surface area contributed by atoms with Crippen molar-refractivity contribution in [1.29, 1.82) is 0 Å². The Hall–Kier alpha value is -4.15. The van der Waals surface area contributed by atoms with E-state index in [0.29, 0.717) is 22.9 Å². The first-order chi connectivity index (χ1) is 14.5. The molecule has 3 heterocycles. The van der Waals surface area contributed by atoms with Gasteiger partial charge in [0.05, 0.1) is 26.9 Å². The van der Waals surface area contributed by atoms with Crippen LogP contribution >= 0.6 is 0 Å². The Kier molecular flexibility index (Phi) is 4.92. The second-order valence-corrected chi connectivity index (χ2v) is 6.23. The summed E-state index contributed by atoms with van der Waals surface area (Å²) in [6.07, 6.45) is 3.06. The molecule has 11 heteroatoms. The third kappa shape index (κ3) is 3.36. The van der Waals surface area contributed by atoms with Gasteiger partial charge in [-0.15, -0.1) is 0 Å². The van der Waals surface area contributed by atoms with Gasteiger partial charge < -0.3 is 23.3 Å². The largest absolute Gasteiger partial charge is 0.493 e. The van der Waals surface area contributed by atoms with Crippen molar-refractivity contribution in [2.75, 3.05) is 21.3 Å². The number of carbonyl (C=O) groups is 1. The number of carbonyl (C=O) groups excluding carboxylic acids is 1. The van der Waals surface area contributed by atoms with E-state index in [4.69, 9.17) is 18.7 Å². The van der Waals surface area contributed by atoms with Gasteiger partial charge in [0.15, 0.2) is 11.5 Å². The Morgan fingerprint density at radius 2 is 1.97 bits per heavy atom. The van der Waals surface area contributed by atoms with Crippen molar-refractivity contribution in [1.82, 2.24) is 24.9 Å². The monoisotopic (exact) mass is 411 g/mol. The van der Waals surface area contributed by atoms with E-state index in [2.05, 4.69) is 20.3 Å². The second-order valence-electron chi connectivity index (χ2n) is 6.23. The number of benzene rings is 1. The van der Waals surface area contributed by atoms with Crippen LogP contribution in [-0.4, -0.2) is 52.2 Å². The van der Waals surface area contributed by atoms with Crippen LogP contribution in [0.1, 0.15) is 16.2 Å². The highest BCUT2D eigenvalue weighted by atomic mass is 16.5. The van der Waals surface area contributed by atoms with Crippen LogP contribution in [0.25, 0.3) is 22.6 Å². The first-order valence-electron chi connectivity index (χ1n) is 8.75. The van der Waals surface area contributed by atoms with Crippen LogP contribution in [-0.2, 0) is 11.3 Å². The molecule has 0 unspecified atom stereocenters. The molecule has 0 saturated heterocycles. The molecule has 0 saturated carbocycles. The zero-order valence-electron chi connectivity index (χ0n) is 16.3. The molecule has 0 bridgehead atoms. The number of nitrogens with zero attached hydrogens (tertiary/aromatic N) is 4. The van der Waals surface area contributed by atoms with E-state index >= 15 is 0 Å². The number of nitrogens with one attached hydrogen (secondary N) is 1. The smallest absolute Gasteiger partial charge is 0.341 e. The number of esters is 1. The number of aromatic amines is 1. The molecule has 30 heavy (non-hydrogen) atoms. The van der Waals surface area contributed by atoms with Gasteiger partial charge in [-0.3, -0.25) is 4.79 Å². The number of hydrogen-bond donors (Lipinski definition) is 1. The van der Waals surface area contributed by atoms with Gasteiger partial charge in [-0.25, -0.2) is 9.89 Å². The summed E-state index contributed by atoms with van der Waals surface area (Å²) in [5.41, 5.74) is 0.890. The van der Waals surface area contributed by atoms with Crippen molar-refractivity contribution >= 4 is 5.97 Å². The molecule has 2 aromatic rings. The first kappa shape index (κ1) is 19.2. The van der Waals surface area contributed by atoms with Crippen LogP contribution in [0.3, 0.4) is 0 Å². The van der Waals surface area contributed by atoms with Crippen molar-refractivity contribution in [3.05, 3.63) is 52.4 Å². The van der Waals surface area contributed by atoms with Crippen LogP contribution in [0.2, 0.25) is 0 Å². The summed E-state index contributed by atoms with van der Waals surface area (Å²) in [6, 6.07) is 5.25. The Morgan fingerprint density at radius 1 is 1.17 bits per heavy atom. The maximum absolute atomic E-state index is 12.1. The summed E-state index contributed by atoms with van der Waals surface area (Å²) >= 11 is 0. The fourth-order valence-electron chi connectivity index (χ4n) is 3.01. The minimum absolute atomic E-state index is 0.130. The van der Waals surface area contributed by atoms with Gasteiger partial charge >= 0.3 is 5.97 Å². The van der Waals surface area contributed by atoms with Crippen LogP contribution in [0.4, 0.5) is 0 Å². The normalized spacial score (nSPS) is 10.9. The minimum Gasteiger partial charge on any atom is -0.493 e. The van der Waals surface area contributed by atoms with Gasteiger partial charge in [-0.05, 0) is 18.2 Å². The quantitative estimate of drug-likeness (QED) is 0.469. The van der Waals surface area contributed by atoms with E-state index in [-0.39, 0.29) is 29.3 Å². The summed E-state index contributed by atoms with van der Waals surface area (Å²) in [7, 11) is 4.34. The number of fused-ring (bicyclic) bond motifs is 1. The van der Waals surface area contributed by atoms with Crippen LogP contribution in [0, 0.1) is 0 Å². The van der Waals surface area contributed by atoms with E-state index in [1.165, 1.54) is 20.4 Å². The van der Waals surface area contributed by atoms with Gasteiger partial charge in [-0.1, -0.05) is 5.16 Å². The van der Waals surface area contributed by atoms with E-state index in [9.17, 15) is 9.59 Å². The lowest BCUT2D eigenvalue weighted by Crippen LogP contribution is -2.12. The van der Waals surface area contributed by atoms with Gasteiger partial charge in [0, 0.05) is 18.0 Å². The van der Waals surface area contributed by atoms with Crippen molar-refractivity contribution in [3.63, 3.8) is 0 Å². The molecule has 1 aromatic carbocycles. The molecule has 0 spiro atoms. The second kappa shape index (κ2) is 7.70. The molecule has 4 rings (SSSR count). The van der Waals surface area contributed by atoms with E-state index in [0.717, 1.165) is 0 Å². The highest BCUT2D eigenvalue weighted by Crippen LogP contribution is 2.31. The van der Waals surface area contributed by atoms with Gasteiger partial charge in [0.2, 0.25) is 11.7 Å². The summed E-state index contributed by atoms with van der Waals surface area (Å²) < 4.78 is 22.2. The van der Waals surface area contributed by atoms with Crippen molar-refractivity contribution in [3.8, 4) is 34.1 Å². The Bertz CT molecular complexity index is 1240. The van der Waals surface area contributed by atoms with E-state index in [1.54, 1.807) is 36.1 Å². The number of aromatic nitrogens is 5. The molecule has 0 fully saturated rings. The lowest BCUT2D eigenvalue weighted by Gasteiger charge is -2.09. The highest BCUT2D eigenvalue weighted by molar-refractivity contribution is 5.95. The van der Waals surface area contributed by atoms with Gasteiger partial charge in [0.1, 0.15) is 17.8 Å². The zero-order valence-corrected chi connectivity index (χ0v) is 16.3. The molecule has 1 aromatic heterocycles. The number of methoxy groups -OCH3 is 3. The maximum Gasteiger partial charge on any atom is 0.341 e. The molecular formula is C19H17N5O6. The number of hydrogen-bond acceptors (Lipinski definition) is 9. The predicted molar refractivity (Wildman–Crippen MR) is 103 cm³/mol. The lowest BCUT2D eigenvalue weighted by atomic mass is 10.1. The molecule has 11 nitrogen and oxygen atoms in total. The van der Waals surface area contributed by atoms with Gasteiger partial charge in [0.25, 0.3) is 5.56 Å². The summed E-state index contributed by atoms with van der Waals surface area (Å²) in [5, 5.41) is 10.2. The molecule has 154 valence electrons. The van der Waals surface area contributed by atoms with Crippen LogP contribution < -0.4 is 15.0 Å². The SMILES string of the molecule is COC(=O)c1cn(Cc2nc(-c3ccc(OC)c(OC)c3)no2)cc2c(=O)[nH]nc1-2. The average molecular weight is 411 g/mol. The standard InChI is InChI=1S/C19H17N5O6/c1-27-13-5-4-10(6-14(13)28-2)17-20-15(30-23-17)9-24-7-11-16(21-22-18(11)25)12(8-24)19(26)29-3/h4-8H,9H2,1-3H3,(H,22,25). The van der Waals surface area contributed by atoms with Crippen LogP contribution in [0.15, 0.2) is 39.9 Å². The lowest BCUT2D eigenvalue weighted by molar-refractivity contribution is 0.0600. The number of rotatable bonds is 6. The van der Waals surface area contributed by atoms with Crippen molar-refractivity contribution in [2.45, 2.75) is 6.54 Å². The number of ether oxygens (including phenoxy) is 3. The summed E-state index contributed by atoms with van der Waals surface area (Å²) in [5.74, 6) is 1.13. The molecule has 1 N–H and O–H groups in total. The number of H-pyrrole nitrogens is 1. The third-order valence-electron chi connectivity index (χ3n) is 4.45. The zero-order chi connectivity index (χ0) is 21.3. The molecule has 0 atom stereocenters. The average Bonchev–Trinajstić information content (AvgIpc) is 3.39. The third-order valence-corrected chi connectivity index (χ3v) is 4.45. The fraction of sp³-hybridized carbons (Fsp3) is 0.211. The van der Waals surface area contributed by atoms with E-state index in [1.807, 2.05) is 0 Å². The van der Waals surface area contributed by atoms with Gasteiger partial charge in [-0.2, -0.15) is 10.1 Å². The Morgan fingerprint density at radius 3 is 2.70 bits per heavy atom. The molecule has 0 amide bonds. The van der Waals surface area contributed by atoms with Crippen molar-refractivity contribution < 1.29 is 23.5 Å². The molecule has 0 radical (unpaired) electrons. The molecule has 2 aliphatic heterocycles. The predicted octanol–water partition coefficient (Wildman–Crippen LogP) is 1.58. The number of pyridine rings is 1. The first-order valence-corrected chi connectivity index (χ1v) is 8.75. The Labute approximate surface area is 169 Å². The molecule has 2 aliphatic rings. The molecular weight excluding hydrogens is 394 g/mol. The topological polar surface area (TPSA) is 134 Å². The summed E-state index contributed by atoms with van der Waals surface area (Å²) in [4.78, 5) is 28.4. The van der Waals surface area contributed by atoms with Crippen LogP contribution in [0.5, 0.6) is 11.5 Å². The minimum atomic E-state index is -0.614. The maximum atomic E-state index is 12.1. The molecule has 0 aliphatic carbocycles. The highest BCUT2D eigenvalue weighted by Gasteiger charge is 2.22. The van der Waals surface area contributed by atoms with E-state index < -0.39 is 11.5 Å². The fourth-order valence-corrected chi connectivity index (χ4v) is 3.01.